The van der Waals surface area contributed by atoms with E-state index in [1.165, 1.54) is 11.3 Å². The Balaban J connectivity index is 2.57. The normalized spacial score (nSPS) is 10.5. The van der Waals surface area contributed by atoms with Crippen LogP contribution in [0, 0.1) is 0 Å². The third-order valence-corrected chi connectivity index (χ3v) is 3.93. The first-order valence-electron chi connectivity index (χ1n) is 3.62. The molecule has 72 valence electrons. The average molecular weight is 310 g/mol. The molecule has 0 atom stereocenters. The smallest absolute Gasteiger partial charge is 0.137 e. The van der Waals surface area contributed by atoms with Crippen LogP contribution in [-0.4, -0.2) is 10.2 Å². The van der Waals surface area contributed by atoms with Gasteiger partial charge in [-0.1, -0.05) is 35.1 Å². The summed E-state index contributed by atoms with van der Waals surface area (Å²) in [5.74, 6) is 0. The summed E-state index contributed by atoms with van der Waals surface area (Å²) in [7, 11) is 0. The molecular weight excluding hydrogens is 307 g/mol. The minimum absolute atomic E-state index is 0.413. The minimum atomic E-state index is 0.413. The van der Waals surface area contributed by atoms with E-state index in [0.717, 1.165) is 15.0 Å². The van der Waals surface area contributed by atoms with Gasteiger partial charge < -0.3 is 0 Å². The molecule has 6 heteroatoms. The van der Waals surface area contributed by atoms with Crippen molar-refractivity contribution < 1.29 is 0 Å². The second-order valence-electron chi connectivity index (χ2n) is 2.46. The highest BCUT2D eigenvalue weighted by Crippen LogP contribution is 2.35. The molecule has 2 aromatic rings. The maximum absolute atomic E-state index is 6.09. The summed E-state index contributed by atoms with van der Waals surface area (Å²) in [6.45, 7) is 0. The first-order valence-corrected chi connectivity index (χ1v) is 5.98. The number of hydrogen-bond acceptors (Lipinski definition) is 3. The number of aromatic nitrogens is 2. The fourth-order valence-electron chi connectivity index (χ4n) is 0.983. The van der Waals surface area contributed by atoms with Gasteiger partial charge in [-0.25, -0.2) is 0 Å². The number of hydrogen-bond donors (Lipinski definition) is 0. The Morgan fingerprint density at radius 3 is 2.64 bits per heavy atom. The molecule has 0 saturated heterocycles. The van der Waals surface area contributed by atoms with Crippen molar-refractivity contribution in [1.82, 2.24) is 10.2 Å². The van der Waals surface area contributed by atoms with Gasteiger partial charge in [0.1, 0.15) is 5.01 Å². The maximum Gasteiger partial charge on any atom is 0.207 e. The lowest BCUT2D eigenvalue weighted by Crippen LogP contribution is -1.79. The lowest BCUT2D eigenvalue weighted by Gasteiger charge is -2.00. The van der Waals surface area contributed by atoms with Gasteiger partial charge in [0, 0.05) is 10.0 Å². The van der Waals surface area contributed by atoms with Gasteiger partial charge in [0.25, 0.3) is 0 Å². The second-order valence-corrected chi connectivity index (χ2v) is 5.25. The summed E-state index contributed by atoms with van der Waals surface area (Å²) >= 11 is 16.4. The molecule has 0 aliphatic heterocycles. The highest BCUT2D eigenvalue weighted by atomic mass is 79.9. The Hall–Kier alpha value is -0.160. The Bertz CT molecular complexity index is 472. The van der Waals surface area contributed by atoms with E-state index in [2.05, 4.69) is 26.1 Å². The molecule has 14 heavy (non-hydrogen) atoms. The van der Waals surface area contributed by atoms with Crippen molar-refractivity contribution in [2.75, 3.05) is 0 Å². The van der Waals surface area contributed by atoms with Gasteiger partial charge in [0.05, 0.1) is 5.02 Å². The molecule has 2 rings (SSSR count). The Morgan fingerprint density at radius 2 is 2.00 bits per heavy atom. The molecule has 0 N–H and O–H groups in total. The Morgan fingerprint density at radius 1 is 1.21 bits per heavy atom. The lowest BCUT2D eigenvalue weighted by molar-refractivity contribution is 1.10. The SMILES string of the molecule is Clc1nnc(-c2cccc(Br)c2Cl)s1. The third kappa shape index (κ3) is 1.93. The summed E-state index contributed by atoms with van der Waals surface area (Å²) in [6.07, 6.45) is 0. The summed E-state index contributed by atoms with van der Waals surface area (Å²) in [4.78, 5) is 0. The molecule has 0 amide bonds. The number of halogens is 3. The highest BCUT2D eigenvalue weighted by Gasteiger charge is 2.10. The molecule has 0 radical (unpaired) electrons. The molecule has 0 fully saturated rings. The zero-order valence-electron chi connectivity index (χ0n) is 6.67. The van der Waals surface area contributed by atoms with Crippen molar-refractivity contribution in [3.05, 3.63) is 32.2 Å². The first kappa shape index (κ1) is 10.4. The van der Waals surface area contributed by atoms with E-state index in [1.807, 2.05) is 18.2 Å². The fraction of sp³-hybridized carbons (Fsp3) is 0. The van der Waals surface area contributed by atoms with Crippen LogP contribution in [0.4, 0.5) is 0 Å². The van der Waals surface area contributed by atoms with Crippen LogP contribution in [0.5, 0.6) is 0 Å². The third-order valence-electron chi connectivity index (χ3n) is 1.58. The summed E-state index contributed by atoms with van der Waals surface area (Å²) in [5, 5.41) is 8.99. The molecule has 1 aromatic carbocycles. The molecule has 0 spiro atoms. The molecule has 1 aromatic heterocycles. The van der Waals surface area contributed by atoms with Crippen molar-refractivity contribution in [3.8, 4) is 10.6 Å². The van der Waals surface area contributed by atoms with Gasteiger partial charge in [-0.15, -0.1) is 10.2 Å². The van der Waals surface area contributed by atoms with Crippen LogP contribution in [0.3, 0.4) is 0 Å². The number of benzene rings is 1. The van der Waals surface area contributed by atoms with E-state index in [4.69, 9.17) is 23.2 Å². The summed E-state index contributed by atoms with van der Waals surface area (Å²) < 4.78 is 1.25. The van der Waals surface area contributed by atoms with Gasteiger partial charge in [0.2, 0.25) is 4.47 Å². The zero-order valence-corrected chi connectivity index (χ0v) is 10.6. The predicted octanol–water partition coefficient (Wildman–Crippen LogP) is 4.27. The first-order chi connectivity index (χ1) is 6.68. The van der Waals surface area contributed by atoms with Crippen LogP contribution in [0.15, 0.2) is 22.7 Å². The lowest BCUT2D eigenvalue weighted by atomic mass is 10.2. The molecule has 0 unspecified atom stereocenters. The van der Waals surface area contributed by atoms with Crippen LogP contribution in [0.2, 0.25) is 9.49 Å². The van der Waals surface area contributed by atoms with E-state index < -0.39 is 0 Å². The van der Waals surface area contributed by atoms with E-state index in [9.17, 15) is 0 Å². The molecular formula is C8H3BrCl2N2S. The van der Waals surface area contributed by atoms with E-state index in [0.29, 0.717) is 9.49 Å². The van der Waals surface area contributed by atoms with Crippen molar-refractivity contribution in [2.45, 2.75) is 0 Å². The molecule has 0 aliphatic carbocycles. The predicted molar refractivity (Wildman–Crippen MR) is 63.1 cm³/mol. The van der Waals surface area contributed by atoms with Gasteiger partial charge in [-0.05, 0) is 33.6 Å². The monoisotopic (exact) mass is 308 g/mol. The van der Waals surface area contributed by atoms with Crippen molar-refractivity contribution in [1.29, 1.82) is 0 Å². The maximum atomic E-state index is 6.09. The van der Waals surface area contributed by atoms with Crippen LogP contribution in [0.25, 0.3) is 10.6 Å². The van der Waals surface area contributed by atoms with Crippen molar-refractivity contribution in [3.63, 3.8) is 0 Å². The van der Waals surface area contributed by atoms with Gasteiger partial charge in [0.15, 0.2) is 0 Å². The van der Waals surface area contributed by atoms with E-state index in [1.54, 1.807) is 0 Å². The Kier molecular flexibility index (Phi) is 3.07. The van der Waals surface area contributed by atoms with E-state index in [-0.39, 0.29) is 0 Å². The molecule has 0 aliphatic rings. The molecule has 0 saturated carbocycles. The fourth-order valence-corrected chi connectivity index (χ4v) is 2.48. The van der Waals surface area contributed by atoms with Crippen LogP contribution >= 0.6 is 50.5 Å². The zero-order chi connectivity index (χ0) is 10.1. The second kappa shape index (κ2) is 4.14. The Labute approximate surface area is 103 Å². The van der Waals surface area contributed by atoms with Crippen molar-refractivity contribution >= 4 is 50.5 Å². The average Bonchev–Trinajstić information content (AvgIpc) is 2.57. The summed E-state index contributed by atoms with van der Waals surface area (Å²) in [6, 6.07) is 5.64. The molecule has 2 nitrogen and oxygen atoms in total. The summed E-state index contributed by atoms with van der Waals surface area (Å²) in [5.41, 5.74) is 0.838. The minimum Gasteiger partial charge on any atom is -0.137 e. The van der Waals surface area contributed by atoms with Crippen molar-refractivity contribution in [2.24, 2.45) is 0 Å². The van der Waals surface area contributed by atoms with E-state index >= 15 is 0 Å². The largest absolute Gasteiger partial charge is 0.207 e. The molecule has 1 heterocycles. The topological polar surface area (TPSA) is 25.8 Å². The van der Waals surface area contributed by atoms with Crippen LogP contribution in [0.1, 0.15) is 0 Å². The standard InChI is InChI=1S/C8H3BrCl2N2S/c9-5-3-1-2-4(6(5)10)7-12-13-8(11)14-7/h1-3H. The number of rotatable bonds is 1. The highest BCUT2D eigenvalue weighted by molar-refractivity contribution is 9.10. The van der Waals surface area contributed by atoms with Gasteiger partial charge >= 0.3 is 0 Å². The molecule has 0 bridgehead atoms. The van der Waals surface area contributed by atoms with Crippen LogP contribution in [-0.2, 0) is 0 Å². The van der Waals surface area contributed by atoms with Crippen LogP contribution < -0.4 is 0 Å². The number of nitrogens with zero attached hydrogens (tertiary/aromatic N) is 2. The van der Waals surface area contributed by atoms with Gasteiger partial charge in [-0.3, -0.25) is 0 Å². The van der Waals surface area contributed by atoms with Gasteiger partial charge in [-0.2, -0.15) is 0 Å². The quantitative estimate of drug-likeness (QED) is 0.786.